The van der Waals surface area contributed by atoms with Gasteiger partial charge in [0.2, 0.25) is 5.91 Å². The number of nitrogens with one attached hydrogen (secondary N) is 1. The molecule has 2 aromatic carbocycles. The lowest BCUT2D eigenvalue weighted by Crippen LogP contribution is -2.34. The SMILES string of the molecule is Cc1cccc(OCCN(C)C(=O)CCNC(=O)c2ccccc2Cl)c1. The van der Waals surface area contributed by atoms with Crippen LogP contribution >= 0.6 is 11.6 Å². The summed E-state index contributed by atoms with van der Waals surface area (Å²) in [6.07, 6.45) is 0.219. The first-order valence-corrected chi connectivity index (χ1v) is 8.81. The highest BCUT2D eigenvalue weighted by atomic mass is 35.5. The van der Waals surface area contributed by atoms with Gasteiger partial charge in [-0.15, -0.1) is 0 Å². The second kappa shape index (κ2) is 9.82. The highest BCUT2D eigenvalue weighted by Gasteiger charge is 2.12. The van der Waals surface area contributed by atoms with Crippen molar-refractivity contribution in [3.05, 3.63) is 64.7 Å². The molecule has 2 rings (SSSR count). The molecule has 0 bridgehead atoms. The van der Waals surface area contributed by atoms with E-state index < -0.39 is 0 Å². The van der Waals surface area contributed by atoms with Gasteiger partial charge in [0.05, 0.1) is 17.1 Å². The second-order valence-electron chi connectivity index (χ2n) is 5.97. The average molecular weight is 375 g/mol. The predicted octanol–water partition coefficient (Wildman–Crippen LogP) is 3.31. The van der Waals surface area contributed by atoms with Crippen molar-refractivity contribution in [3.63, 3.8) is 0 Å². The zero-order valence-electron chi connectivity index (χ0n) is 15.0. The fourth-order valence-corrected chi connectivity index (χ4v) is 2.57. The minimum atomic E-state index is -0.283. The third kappa shape index (κ3) is 6.08. The van der Waals surface area contributed by atoms with Gasteiger partial charge in [0.15, 0.2) is 0 Å². The van der Waals surface area contributed by atoms with Crippen molar-refractivity contribution in [1.29, 1.82) is 0 Å². The maximum atomic E-state index is 12.1. The van der Waals surface area contributed by atoms with E-state index in [-0.39, 0.29) is 24.8 Å². The summed E-state index contributed by atoms with van der Waals surface area (Å²) in [5, 5.41) is 3.10. The van der Waals surface area contributed by atoms with E-state index in [1.54, 1.807) is 36.2 Å². The minimum Gasteiger partial charge on any atom is -0.492 e. The van der Waals surface area contributed by atoms with Crippen LogP contribution in [-0.4, -0.2) is 43.5 Å². The Labute approximate surface area is 158 Å². The van der Waals surface area contributed by atoms with Crippen LogP contribution < -0.4 is 10.1 Å². The molecule has 6 heteroatoms. The number of hydrogen-bond acceptors (Lipinski definition) is 3. The number of ether oxygens (including phenoxy) is 1. The van der Waals surface area contributed by atoms with Crippen LogP contribution in [-0.2, 0) is 4.79 Å². The number of rotatable bonds is 8. The molecule has 2 aromatic rings. The lowest BCUT2D eigenvalue weighted by atomic mass is 10.2. The van der Waals surface area contributed by atoms with Crippen molar-refractivity contribution in [2.45, 2.75) is 13.3 Å². The molecule has 5 nitrogen and oxygen atoms in total. The molecule has 0 atom stereocenters. The van der Waals surface area contributed by atoms with Crippen molar-refractivity contribution in [1.82, 2.24) is 10.2 Å². The number of halogens is 1. The van der Waals surface area contributed by atoms with Crippen LogP contribution in [0.4, 0.5) is 0 Å². The van der Waals surface area contributed by atoms with E-state index in [9.17, 15) is 9.59 Å². The Hall–Kier alpha value is -2.53. The molecule has 0 unspecified atom stereocenters. The molecular formula is C20H23ClN2O3. The van der Waals surface area contributed by atoms with Gasteiger partial charge in [0.25, 0.3) is 5.91 Å². The van der Waals surface area contributed by atoms with E-state index in [0.717, 1.165) is 11.3 Å². The molecule has 1 N–H and O–H groups in total. The van der Waals surface area contributed by atoms with Gasteiger partial charge in [-0.05, 0) is 36.8 Å². The predicted molar refractivity (Wildman–Crippen MR) is 103 cm³/mol. The van der Waals surface area contributed by atoms with Crippen LogP contribution in [0.2, 0.25) is 5.02 Å². The van der Waals surface area contributed by atoms with Crippen molar-refractivity contribution in [2.24, 2.45) is 0 Å². The van der Waals surface area contributed by atoms with Gasteiger partial charge < -0.3 is 15.0 Å². The molecule has 26 heavy (non-hydrogen) atoms. The number of carbonyl (C=O) groups excluding carboxylic acids is 2. The smallest absolute Gasteiger partial charge is 0.252 e. The molecule has 0 heterocycles. The molecule has 2 amide bonds. The van der Waals surface area contributed by atoms with Crippen molar-refractivity contribution in [3.8, 4) is 5.75 Å². The fourth-order valence-electron chi connectivity index (χ4n) is 2.34. The number of aryl methyl sites for hydroxylation is 1. The molecule has 138 valence electrons. The monoisotopic (exact) mass is 374 g/mol. The summed E-state index contributed by atoms with van der Waals surface area (Å²) in [6.45, 7) is 3.15. The maximum absolute atomic E-state index is 12.1. The second-order valence-corrected chi connectivity index (χ2v) is 6.37. The Morgan fingerprint density at radius 2 is 1.92 bits per heavy atom. The normalized spacial score (nSPS) is 10.3. The summed E-state index contributed by atoms with van der Waals surface area (Å²) in [5.41, 5.74) is 1.53. The van der Waals surface area contributed by atoms with Crippen LogP contribution in [0.15, 0.2) is 48.5 Å². The van der Waals surface area contributed by atoms with Gasteiger partial charge in [-0.2, -0.15) is 0 Å². The topological polar surface area (TPSA) is 58.6 Å². The van der Waals surface area contributed by atoms with Crippen molar-refractivity contribution < 1.29 is 14.3 Å². The number of carbonyl (C=O) groups is 2. The lowest BCUT2D eigenvalue weighted by Gasteiger charge is -2.18. The highest BCUT2D eigenvalue weighted by molar-refractivity contribution is 6.33. The van der Waals surface area contributed by atoms with Gasteiger partial charge in [-0.1, -0.05) is 35.9 Å². The average Bonchev–Trinajstić information content (AvgIpc) is 2.61. The maximum Gasteiger partial charge on any atom is 0.252 e. The summed E-state index contributed by atoms with van der Waals surface area (Å²) >= 11 is 5.98. The van der Waals surface area contributed by atoms with Gasteiger partial charge in [-0.3, -0.25) is 9.59 Å². The summed E-state index contributed by atoms with van der Waals surface area (Å²) in [6, 6.07) is 14.6. The third-order valence-electron chi connectivity index (χ3n) is 3.85. The molecule has 0 aliphatic carbocycles. The molecule has 0 saturated carbocycles. The van der Waals surface area contributed by atoms with Gasteiger partial charge >= 0.3 is 0 Å². The first-order chi connectivity index (χ1) is 12.5. The molecule has 0 fully saturated rings. The van der Waals surface area contributed by atoms with Crippen molar-refractivity contribution >= 4 is 23.4 Å². The van der Waals surface area contributed by atoms with E-state index in [1.165, 1.54) is 0 Å². The zero-order valence-corrected chi connectivity index (χ0v) is 15.8. The summed E-state index contributed by atoms with van der Waals surface area (Å²) in [5.74, 6) is 0.448. The van der Waals surface area contributed by atoms with E-state index >= 15 is 0 Å². The Balaban J connectivity index is 1.68. The van der Waals surface area contributed by atoms with Crippen LogP contribution in [0.5, 0.6) is 5.75 Å². The first kappa shape index (κ1) is 19.8. The standard InChI is InChI=1S/C20H23ClN2O3/c1-15-6-5-7-16(14-15)26-13-12-23(2)19(24)10-11-22-20(25)17-8-3-4-9-18(17)21/h3-9,14H,10-13H2,1-2H3,(H,22,25). The zero-order chi connectivity index (χ0) is 18.9. The number of benzene rings is 2. The largest absolute Gasteiger partial charge is 0.492 e. The summed E-state index contributed by atoms with van der Waals surface area (Å²) < 4.78 is 5.64. The fraction of sp³-hybridized carbons (Fsp3) is 0.300. The Morgan fingerprint density at radius 3 is 2.65 bits per heavy atom. The molecule has 0 aromatic heterocycles. The van der Waals surface area contributed by atoms with Gasteiger partial charge in [0.1, 0.15) is 12.4 Å². The number of likely N-dealkylation sites (N-methyl/N-ethyl adjacent to an activating group) is 1. The molecule has 0 aliphatic heterocycles. The molecule has 0 aliphatic rings. The van der Waals surface area contributed by atoms with E-state index in [4.69, 9.17) is 16.3 Å². The van der Waals surface area contributed by atoms with Crippen LogP contribution in [0.1, 0.15) is 22.3 Å². The van der Waals surface area contributed by atoms with Crippen LogP contribution in [0.3, 0.4) is 0 Å². The summed E-state index contributed by atoms with van der Waals surface area (Å²) in [7, 11) is 1.72. The van der Waals surface area contributed by atoms with E-state index in [0.29, 0.717) is 23.7 Å². The Morgan fingerprint density at radius 1 is 1.15 bits per heavy atom. The third-order valence-corrected chi connectivity index (χ3v) is 4.18. The molecule has 0 radical (unpaired) electrons. The molecular weight excluding hydrogens is 352 g/mol. The summed E-state index contributed by atoms with van der Waals surface area (Å²) in [4.78, 5) is 25.7. The van der Waals surface area contributed by atoms with Gasteiger partial charge in [-0.25, -0.2) is 0 Å². The number of nitrogens with zero attached hydrogens (tertiary/aromatic N) is 1. The van der Waals surface area contributed by atoms with Crippen molar-refractivity contribution in [2.75, 3.05) is 26.7 Å². The van der Waals surface area contributed by atoms with Crippen LogP contribution in [0, 0.1) is 6.92 Å². The van der Waals surface area contributed by atoms with E-state index in [1.807, 2.05) is 31.2 Å². The number of amides is 2. The molecule has 0 spiro atoms. The van der Waals surface area contributed by atoms with Gasteiger partial charge in [0, 0.05) is 20.0 Å². The van der Waals surface area contributed by atoms with Crippen LogP contribution in [0.25, 0.3) is 0 Å². The Kier molecular flexibility index (Phi) is 7.48. The van der Waals surface area contributed by atoms with E-state index in [2.05, 4.69) is 5.32 Å². The lowest BCUT2D eigenvalue weighted by molar-refractivity contribution is -0.130. The first-order valence-electron chi connectivity index (χ1n) is 8.43. The Bertz CT molecular complexity index is 764. The highest BCUT2D eigenvalue weighted by Crippen LogP contribution is 2.14. The number of hydrogen-bond donors (Lipinski definition) is 1. The molecule has 0 saturated heterocycles. The quantitative estimate of drug-likeness (QED) is 0.771. The minimum absolute atomic E-state index is 0.0581.